The number of hydrogen-bond acceptors (Lipinski definition) is 7. The average molecular weight is 559 g/mol. The largest absolute Gasteiger partial charge is 0.445 e. The number of benzene rings is 2. The molecule has 0 atom stereocenters. The molecule has 5 rings (SSSR count). The highest BCUT2D eigenvalue weighted by Crippen LogP contribution is 2.36. The van der Waals surface area contributed by atoms with Crippen LogP contribution >= 0.6 is 11.3 Å². The number of ether oxygens (including phenoxy) is 1. The number of amides is 1. The van der Waals surface area contributed by atoms with Crippen LogP contribution in [0.25, 0.3) is 21.6 Å². The number of halogens is 3. The lowest BCUT2D eigenvalue weighted by atomic mass is 10.0. The zero-order valence-corrected chi connectivity index (χ0v) is 22.2. The summed E-state index contributed by atoms with van der Waals surface area (Å²) in [5.74, 6) is 0. The van der Waals surface area contributed by atoms with Gasteiger partial charge >= 0.3 is 12.3 Å². The molecular formula is C27H29F3N6O2S. The smallest absolute Gasteiger partial charge is 0.407 e. The van der Waals surface area contributed by atoms with Gasteiger partial charge in [-0.1, -0.05) is 47.7 Å². The third kappa shape index (κ3) is 6.87. The summed E-state index contributed by atoms with van der Waals surface area (Å²) in [6.45, 7) is 0.959. The lowest BCUT2D eigenvalue weighted by Crippen LogP contribution is -2.36. The molecule has 1 saturated heterocycles. The summed E-state index contributed by atoms with van der Waals surface area (Å²) < 4.78 is 47.3. The molecule has 2 N–H and O–H groups in total. The second kappa shape index (κ2) is 11.6. The summed E-state index contributed by atoms with van der Waals surface area (Å²) in [4.78, 5) is 14.4. The lowest BCUT2D eigenvalue weighted by Gasteiger charge is -2.30. The van der Waals surface area contributed by atoms with Crippen LogP contribution in [0.5, 0.6) is 0 Å². The Bertz CT molecular complexity index is 1410. The van der Waals surface area contributed by atoms with E-state index in [9.17, 15) is 18.0 Å². The minimum atomic E-state index is -4.42. The Morgan fingerprint density at radius 3 is 2.62 bits per heavy atom. The van der Waals surface area contributed by atoms with Crippen molar-refractivity contribution in [3.8, 4) is 10.7 Å². The molecule has 0 radical (unpaired) electrons. The molecule has 8 nitrogen and oxygen atoms in total. The van der Waals surface area contributed by atoms with Crippen LogP contribution in [0, 0.1) is 0 Å². The van der Waals surface area contributed by atoms with Crippen molar-refractivity contribution in [2.24, 2.45) is 0 Å². The number of likely N-dealkylation sites (tertiary alicyclic amines) is 1. The zero-order chi connectivity index (χ0) is 27.4. The van der Waals surface area contributed by atoms with E-state index in [2.05, 4.69) is 32.8 Å². The molecule has 39 heavy (non-hydrogen) atoms. The number of carbonyl (C=O) groups is 1. The number of fused-ring (bicyclic) bond motifs is 1. The number of nitrogens with one attached hydrogen (secondary N) is 2. The van der Waals surface area contributed by atoms with Crippen LogP contribution < -0.4 is 10.6 Å². The predicted molar refractivity (Wildman–Crippen MR) is 145 cm³/mol. The van der Waals surface area contributed by atoms with Gasteiger partial charge < -0.3 is 24.8 Å². The minimum Gasteiger partial charge on any atom is -0.445 e. The first kappa shape index (κ1) is 26.9. The van der Waals surface area contributed by atoms with Gasteiger partial charge in [-0.2, -0.15) is 13.2 Å². The highest BCUT2D eigenvalue weighted by Gasteiger charge is 2.31. The highest BCUT2D eigenvalue weighted by atomic mass is 32.1. The molecule has 0 bridgehead atoms. The monoisotopic (exact) mass is 558 g/mol. The molecule has 2 aromatic carbocycles. The fourth-order valence-electron chi connectivity index (χ4n) is 4.66. The van der Waals surface area contributed by atoms with E-state index in [0.29, 0.717) is 26.6 Å². The fourth-order valence-corrected chi connectivity index (χ4v) is 5.46. The fraction of sp³-hybridized carbons (Fsp3) is 0.370. The van der Waals surface area contributed by atoms with Crippen molar-refractivity contribution in [3.63, 3.8) is 0 Å². The van der Waals surface area contributed by atoms with Crippen LogP contribution in [0.4, 0.5) is 23.7 Å². The van der Waals surface area contributed by atoms with E-state index in [1.54, 1.807) is 18.2 Å². The standard InChI is InChI=1S/C27H29F3N6O2S/c1-35-12-10-19(11-13-35)32-21-8-5-9-22-20(21)14-23(36(22)17-27(28,29)30)25-34-33-24(39-25)15-31-26(37)38-16-18-6-3-2-4-7-18/h2-9,14,19,32H,10-13,15-17H2,1H3,(H,31,37). The molecule has 1 aliphatic rings. The Hall–Kier alpha value is -3.64. The Morgan fingerprint density at radius 2 is 1.87 bits per heavy atom. The van der Waals surface area contributed by atoms with E-state index < -0.39 is 18.8 Å². The maximum absolute atomic E-state index is 13.6. The number of rotatable bonds is 8. The lowest BCUT2D eigenvalue weighted by molar-refractivity contribution is -0.139. The van der Waals surface area contributed by atoms with Gasteiger partial charge in [0.05, 0.1) is 17.8 Å². The van der Waals surface area contributed by atoms with Gasteiger partial charge in [0.2, 0.25) is 0 Å². The van der Waals surface area contributed by atoms with Gasteiger partial charge in [-0.25, -0.2) is 4.79 Å². The number of piperidine rings is 1. The van der Waals surface area contributed by atoms with Crippen LogP contribution in [0.15, 0.2) is 54.6 Å². The summed E-state index contributed by atoms with van der Waals surface area (Å²) >= 11 is 1.13. The van der Waals surface area contributed by atoms with Gasteiger partial charge in [-0.3, -0.25) is 0 Å². The Kier molecular flexibility index (Phi) is 8.03. The van der Waals surface area contributed by atoms with E-state index in [0.717, 1.165) is 48.5 Å². The molecule has 0 unspecified atom stereocenters. The quantitative estimate of drug-likeness (QED) is 0.291. The third-order valence-electron chi connectivity index (χ3n) is 6.64. The van der Waals surface area contributed by atoms with E-state index in [1.807, 2.05) is 36.4 Å². The first-order chi connectivity index (χ1) is 18.7. The minimum absolute atomic E-state index is 0.0493. The first-order valence-corrected chi connectivity index (χ1v) is 13.5. The van der Waals surface area contributed by atoms with Gasteiger partial charge in [0.25, 0.3) is 0 Å². The summed E-state index contributed by atoms with van der Waals surface area (Å²) in [7, 11) is 2.08. The third-order valence-corrected chi connectivity index (χ3v) is 7.59. The molecule has 1 amide bonds. The molecule has 3 heterocycles. The van der Waals surface area contributed by atoms with Crippen LogP contribution in [-0.4, -0.2) is 58.1 Å². The highest BCUT2D eigenvalue weighted by molar-refractivity contribution is 7.14. The molecule has 0 spiro atoms. The van der Waals surface area contributed by atoms with E-state index in [4.69, 9.17) is 4.74 Å². The van der Waals surface area contributed by atoms with Crippen LogP contribution in [-0.2, 0) is 24.4 Å². The maximum Gasteiger partial charge on any atom is 0.407 e. The van der Waals surface area contributed by atoms with E-state index >= 15 is 0 Å². The van der Waals surface area contributed by atoms with Crippen molar-refractivity contribution in [1.29, 1.82) is 0 Å². The number of nitrogens with zero attached hydrogens (tertiary/aromatic N) is 4. The van der Waals surface area contributed by atoms with Gasteiger partial charge in [0.15, 0.2) is 5.01 Å². The number of hydrogen-bond donors (Lipinski definition) is 2. The van der Waals surface area contributed by atoms with Gasteiger partial charge in [0.1, 0.15) is 18.2 Å². The molecular weight excluding hydrogens is 529 g/mol. The molecule has 0 aliphatic carbocycles. The number of aromatic nitrogens is 3. The molecule has 0 saturated carbocycles. The number of carbonyl (C=O) groups excluding carboxylic acids is 1. The van der Waals surface area contributed by atoms with E-state index in [1.165, 1.54) is 4.57 Å². The zero-order valence-electron chi connectivity index (χ0n) is 21.4. The first-order valence-electron chi connectivity index (χ1n) is 12.7. The summed E-state index contributed by atoms with van der Waals surface area (Å²) in [6, 6.07) is 16.6. The van der Waals surface area contributed by atoms with Gasteiger partial charge in [-0.15, -0.1) is 10.2 Å². The van der Waals surface area contributed by atoms with Crippen molar-refractivity contribution in [3.05, 3.63) is 65.2 Å². The van der Waals surface area contributed by atoms with Gasteiger partial charge in [-0.05, 0) is 56.7 Å². The molecule has 1 aliphatic heterocycles. The van der Waals surface area contributed by atoms with Crippen molar-refractivity contribution < 1.29 is 22.7 Å². The normalized spacial score (nSPS) is 15.0. The van der Waals surface area contributed by atoms with Crippen molar-refractivity contribution in [1.82, 2.24) is 25.0 Å². The molecule has 1 fully saturated rings. The topological polar surface area (TPSA) is 84.3 Å². The summed E-state index contributed by atoms with van der Waals surface area (Å²) in [6.07, 6.45) is -3.12. The average Bonchev–Trinajstić information content (AvgIpc) is 3.53. The van der Waals surface area contributed by atoms with Crippen molar-refractivity contribution >= 4 is 34.0 Å². The summed E-state index contributed by atoms with van der Waals surface area (Å²) in [5.41, 5.74) is 2.46. The number of alkyl halides is 3. The second-order valence-electron chi connectivity index (χ2n) is 9.61. The molecule has 12 heteroatoms. The SMILES string of the molecule is CN1CCC(Nc2cccc3c2cc(-c2nnc(CNC(=O)OCc4ccccc4)s2)n3CC(F)(F)F)CC1. The summed E-state index contributed by atoms with van der Waals surface area (Å²) in [5, 5.41) is 15.9. The molecule has 206 valence electrons. The molecule has 4 aromatic rings. The Morgan fingerprint density at radius 1 is 1.10 bits per heavy atom. The number of alkyl carbamates (subject to hydrolysis) is 1. The van der Waals surface area contributed by atoms with Crippen LogP contribution in [0.1, 0.15) is 23.4 Å². The number of anilines is 1. The van der Waals surface area contributed by atoms with Crippen molar-refractivity contribution in [2.45, 2.75) is 44.8 Å². The van der Waals surface area contributed by atoms with Gasteiger partial charge in [0, 0.05) is 17.1 Å². The van der Waals surface area contributed by atoms with E-state index in [-0.39, 0.29) is 19.2 Å². The maximum atomic E-state index is 13.6. The molecule has 2 aromatic heterocycles. The van der Waals surface area contributed by atoms with Crippen LogP contribution in [0.2, 0.25) is 0 Å². The second-order valence-corrected chi connectivity index (χ2v) is 10.7. The Balaban J connectivity index is 1.34. The van der Waals surface area contributed by atoms with Crippen LogP contribution in [0.3, 0.4) is 0 Å². The Labute approximate surface area is 227 Å². The van der Waals surface area contributed by atoms with Crippen molar-refractivity contribution in [2.75, 3.05) is 25.5 Å². The predicted octanol–water partition coefficient (Wildman–Crippen LogP) is 5.65.